The zero-order valence-electron chi connectivity index (χ0n) is 15.7. The fraction of sp³-hybridized carbons (Fsp3) is 0.727. The lowest BCUT2D eigenvalue weighted by Crippen LogP contribution is -2.17. The van der Waals surface area contributed by atoms with Gasteiger partial charge in [0.2, 0.25) is 0 Å². The Balaban J connectivity index is 1.79. The molecule has 2 heteroatoms. The van der Waals surface area contributed by atoms with Crippen LogP contribution in [0.15, 0.2) is 12.1 Å². The van der Waals surface area contributed by atoms with E-state index in [0.717, 1.165) is 30.6 Å². The van der Waals surface area contributed by atoms with Gasteiger partial charge in [0.1, 0.15) is 17.6 Å². The van der Waals surface area contributed by atoms with E-state index in [1.54, 1.807) is 0 Å². The van der Waals surface area contributed by atoms with Gasteiger partial charge >= 0.3 is 0 Å². The lowest BCUT2D eigenvalue weighted by molar-refractivity contribution is 0.196. The Hall–Kier alpha value is -1.18. The van der Waals surface area contributed by atoms with Crippen LogP contribution in [0.5, 0.6) is 11.5 Å². The Morgan fingerprint density at radius 2 is 1.88 bits per heavy atom. The Morgan fingerprint density at radius 1 is 1.08 bits per heavy atom. The number of hydrogen-bond donors (Lipinski definition) is 1. The van der Waals surface area contributed by atoms with Crippen LogP contribution in [0.1, 0.15) is 102 Å². The minimum atomic E-state index is 0.0915. The molecule has 134 valence electrons. The molecule has 1 aliphatic carbocycles. The quantitative estimate of drug-likeness (QED) is 0.607. The van der Waals surface area contributed by atoms with Crippen LogP contribution in [0.4, 0.5) is 0 Å². The number of fused-ring (bicyclic) bond motifs is 3. The average molecular weight is 331 g/mol. The molecule has 0 saturated heterocycles. The van der Waals surface area contributed by atoms with E-state index < -0.39 is 0 Å². The van der Waals surface area contributed by atoms with Gasteiger partial charge in [0, 0.05) is 11.5 Å². The normalized spacial score (nSPS) is 23.3. The summed E-state index contributed by atoms with van der Waals surface area (Å²) >= 11 is 0. The first-order valence-corrected chi connectivity index (χ1v) is 10.1. The van der Waals surface area contributed by atoms with Crippen LogP contribution >= 0.6 is 0 Å². The van der Waals surface area contributed by atoms with Crippen molar-refractivity contribution in [2.75, 3.05) is 0 Å². The Bertz CT molecular complexity index is 561. The number of benzene rings is 1. The number of ether oxygens (including phenoxy) is 1. The third-order valence-corrected chi connectivity index (χ3v) is 6.16. The largest absolute Gasteiger partial charge is 0.508 e. The number of phenols is 1. The number of aromatic hydroxyl groups is 1. The summed E-state index contributed by atoms with van der Waals surface area (Å²) < 4.78 is 6.29. The molecule has 0 amide bonds. The second kappa shape index (κ2) is 7.37. The topological polar surface area (TPSA) is 29.5 Å². The second-order valence-corrected chi connectivity index (χ2v) is 8.50. The van der Waals surface area contributed by atoms with Crippen molar-refractivity contribution in [3.05, 3.63) is 23.3 Å². The van der Waals surface area contributed by atoms with Crippen LogP contribution in [-0.4, -0.2) is 11.2 Å². The van der Waals surface area contributed by atoms with Crippen molar-refractivity contribution in [2.45, 2.75) is 102 Å². The van der Waals surface area contributed by atoms with Gasteiger partial charge in [0.25, 0.3) is 0 Å². The van der Waals surface area contributed by atoms with E-state index >= 15 is 0 Å². The molecular formula is C22H34O2. The molecule has 1 saturated carbocycles. The van der Waals surface area contributed by atoms with E-state index in [1.807, 2.05) is 6.07 Å². The number of rotatable bonds is 6. The van der Waals surface area contributed by atoms with Crippen LogP contribution < -0.4 is 4.74 Å². The summed E-state index contributed by atoms with van der Waals surface area (Å²) in [5.41, 5.74) is 2.41. The Labute approximate surface area is 147 Å². The molecule has 2 aliphatic rings. The molecule has 2 unspecified atom stereocenters. The molecule has 1 heterocycles. The van der Waals surface area contributed by atoms with Crippen LogP contribution in [0.25, 0.3) is 0 Å². The van der Waals surface area contributed by atoms with Crippen molar-refractivity contribution >= 4 is 0 Å². The predicted octanol–water partition coefficient (Wildman–Crippen LogP) is 6.45. The maximum absolute atomic E-state index is 10.7. The minimum absolute atomic E-state index is 0.0915. The number of unbranched alkanes of at least 4 members (excludes halogenated alkanes) is 3. The first-order chi connectivity index (χ1) is 11.5. The molecule has 1 aromatic carbocycles. The Morgan fingerprint density at radius 3 is 2.67 bits per heavy atom. The second-order valence-electron chi connectivity index (χ2n) is 8.50. The van der Waals surface area contributed by atoms with Gasteiger partial charge < -0.3 is 9.84 Å². The van der Waals surface area contributed by atoms with Gasteiger partial charge in [-0.3, -0.25) is 0 Å². The molecule has 1 aromatic rings. The lowest BCUT2D eigenvalue weighted by atomic mass is 9.78. The van der Waals surface area contributed by atoms with Crippen molar-refractivity contribution in [1.29, 1.82) is 0 Å². The van der Waals surface area contributed by atoms with E-state index in [4.69, 9.17) is 4.74 Å². The van der Waals surface area contributed by atoms with Gasteiger partial charge in [-0.2, -0.15) is 0 Å². The number of phenolic OH excluding ortho intramolecular Hbond substituents is 1. The average Bonchev–Trinajstić information content (AvgIpc) is 2.74. The van der Waals surface area contributed by atoms with E-state index in [1.165, 1.54) is 50.5 Å². The van der Waals surface area contributed by atoms with Gasteiger partial charge in [-0.15, -0.1) is 0 Å². The van der Waals surface area contributed by atoms with E-state index in [9.17, 15) is 5.11 Å². The van der Waals surface area contributed by atoms with Gasteiger partial charge in [-0.1, -0.05) is 59.3 Å². The molecule has 0 bridgehead atoms. The third-order valence-electron chi connectivity index (χ3n) is 6.16. The standard InChI is InChI=1S/C22H34O2/c1-4-5-6-10-13-22(2,3)16-14-18(23)21-17-11-8-7-9-12-19(17)24-20(21)15-16/h14-15,17,19,23H,4-13H2,1-3H3. The highest BCUT2D eigenvalue weighted by Gasteiger charge is 2.38. The first-order valence-electron chi connectivity index (χ1n) is 10.1. The van der Waals surface area contributed by atoms with Crippen molar-refractivity contribution in [2.24, 2.45) is 0 Å². The van der Waals surface area contributed by atoms with Crippen LogP contribution in [0.3, 0.4) is 0 Å². The first kappa shape index (κ1) is 17.6. The highest BCUT2D eigenvalue weighted by molar-refractivity contribution is 5.54. The van der Waals surface area contributed by atoms with E-state index in [0.29, 0.717) is 11.7 Å². The molecular weight excluding hydrogens is 296 g/mol. The van der Waals surface area contributed by atoms with Crippen molar-refractivity contribution < 1.29 is 9.84 Å². The molecule has 1 fully saturated rings. The maximum atomic E-state index is 10.7. The van der Waals surface area contributed by atoms with Gasteiger partial charge in [0.15, 0.2) is 0 Å². The van der Waals surface area contributed by atoms with Gasteiger partial charge in [0.05, 0.1) is 0 Å². The van der Waals surface area contributed by atoms with Crippen LogP contribution in [-0.2, 0) is 5.41 Å². The third kappa shape index (κ3) is 3.58. The van der Waals surface area contributed by atoms with Gasteiger partial charge in [-0.25, -0.2) is 0 Å². The molecule has 0 spiro atoms. The van der Waals surface area contributed by atoms with Gasteiger partial charge in [-0.05, 0) is 48.8 Å². The summed E-state index contributed by atoms with van der Waals surface area (Å²) in [5.74, 6) is 1.84. The number of hydrogen-bond acceptors (Lipinski definition) is 2. The summed E-state index contributed by atoms with van der Waals surface area (Å²) in [6, 6.07) is 4.25. The van der Waals surface area contributed by atoms with Crippen molar-refractivity contribution in [3.63, 3.8) is 0 Å². The zero-order valence-corrected chi connectivity index (χ0v) is 15.7. The van der Waals surface area contributed by atoms with Crippen molar-refractivity contribution in [1.82, 2.24) is 0 Å². The summed E-state index contributed by atoms with van der Waals surface area (Å²) in [6.45, 7) is 6.85. The molecule has 1 aliphatic heterocycles. The van der Waals surface area contributed by atoms with Crippen LogP contribution in [0, 0.1) is 0 Å². The highest BCUT2D eigenvalue weighted by atomic mass is 16.5. The fourth-order valence-electron chi connectivity index (χ4n) is 4.52. The molecule has 1 N–H and O–H groups in total. The smallest absolute Gasteiger partial charge is 0.127 e. The SMILES string of the molecule is CCCCCCC(C)(C)c1cc(O)c2c(c1)OC1CCCCCC21. The molecule has 3 rings (SSSR count). The lowest BCUT2D eigenvalue weighted by Gasteiger charge is -2.26. The zero-order chi connectivity index (χ0) is 17.2. The molecule has 24 heavy (non-hydrogen) atoms. The monoisotopic (exact) mass is 330 g/mol. The summed E-state index contributed by atoms with van der Waals surface area (Å²) in [6.07, 6.45) is 12.7. The highest BCUT2D eigenvalue weighted by Crippen LogP contribution is 2.50. The van der Waals surface area contributed by atoms with E-state index in [-0.39, 0.29) is 11.5 Å². The molecule has 0 aromatic heterocycles. The Kier molecular flexibility index (Phi) is 5.42. The summed E-state index contributed by atoms with van der Waals surface area (Å²) in [5, 5.41) is 10.7. The minimum Gasteiger partial charge on any atom is -0.508 e. The maximum Gasteiger partial charge on any atom is 0.127 e. The summed E-state index contributed by atoms with van der Waals surface area (Å²) in [7, 11) is 0. The molecule has 2 nitrogen and oxygen atoms in total. The summed E-state index contributed by atoms with van der Waals surface area (Å²) in [4.78, 5) is 0. The molecule has 0 radical (unpaired) electrons. The van der Waals surface area contributed by atoms with Crippen LogP contribution in [0.2, 0.25) is 0 Å². The predicted molar refractivity (Wildman–Crippen MR) is 100 cm³/mol. The molecule has 2 atom stereocenters. The fourth-order valence-corrected chi connectivity index (χ4v) is 4.52. The van der Waals surface area contributed by atoms with Crippen molar-refractivity contribution in [3.8, 4) is 11.5 Å². The van der Waals surface area contributed by atoms with E-state index in [2.05, 4.69) is 26.8 Å².